The summed E-state index contributed by atoms with van der Waals surface area (Å²) in [7, 11) is 0. The molecule has 0 saturated carbocycles. The van der Waals surface area contributed by atoms with Crippen LogP contribution in [0.25, 0.3) is 11.1 Å². The highest BCUT2D eigenvalue weighted by molar-refractivity contribution is 5.96. The Morgan fingerprint density at radius 3 is 2.08 bits per heavy atom. The number of rotatable bonds is 15. The van der Waals surface area contributed by atoms with E-state index in [0.717, 1.165) is 16.7 Å². The van der Waals surface area contributed by atoms with E-state index >= 15 is 0 Å². The van der Waals surface area contributed by atoms with E-state index in [9.17, 15) is 34.4 Å². The smallest absolute Gasteiger partial charge is 0.415 e. The van der Waals surface area contributed by atoms with Gasteiger partial charge < -0.3 is 45.1 Å². The second-order valence-corrected chi connectivity index (χ2v) is 12.8. The van der Waals surface area contributed by atoms with Crippen LogP contribution in [0, 0.1) is 5.82 Å². The van der Waals surface area contributed by atoms with E-state index in [-0.39, 0.29) is 11.4 Å². The van der Waals surface area contributed by atoms with E-state index in [1.807, 2.05) is 26.0 Å². The number of aliphatic hydroxyl groups excluding tert-OH is 5. The van der Waals surface area contributed by atoms with Crippen molar-refractivity contribution in [3.8, 4) is 22.6 Å². The minimum Gasteiger partial charge on any atom is -0.493 e. The summed E-state index contributed by atoms with van der Waals surface area (Å²) in [5, 5.41) is 50.6. The molecular formula is C37H46FN3O10. The van der Waals surface area contributed by atoms with Crippen molar-refractivity contribution in [2.24, 2.45) is 0 Å². The van der Waals surface area contributed by atoms with Gasteiger partial charge in [-0.3, -0.25) is 14.6 Å². The molecule has 1 spiro atoms. The number of carbonyl (C=O) groups excluding carboxylic acids is 2. The van der Waals surface area contributed by atoms with Gasteiger partial charge in [0.2, 0.25) is 0 Å². The van der Waals surface area contributed by atoms with Gasteiger partial charge in [0.15, 0.2) is 0 Å². The molecular weight excluding hydrogens is 665 g/mol. The summed E-state index contributed by atoms with van der Waals surface area (Å²) in [6.07, 6.45) is -6.06. The molecule has 13 nitrogen and oxygen atoms in total. The summed E-state index contributed by atoms with van der Waals surface area (Å²) in [6, 6.07) is 16.5. The number of piperidine rings is 1. The molecule has 276 valence electrons. The lowest BCUT2D eigenvalue weighted by molar-refractivity contribution is -0.113. The standard InChI is InChI=1S/C37H46FN3O10/c1-3-49-30-17-23(18-31(50-4-2)32(30)24-5-9-26(38)10-6-24)20-40-15-13-37(14-16-40)22-41(36(48)51-37)27-11-7-25(8-12-27)35(47)39-19-28(43)33(45)34(46)29(44)21-42/h5-12,17-18,28-29,33-34,42-46H,3-4,13-16,19-22H2,1-2H3,(H,39,47). The number of carbonyl (C=O) groups is 2. The Kier molecular flexibility index (Phi) is 12.5. The number of ether oxygens (including phenoxy) is 3. The van der Waals surface area contributed by atoms with Gasteiger partial charge in [0, 0.05) is 50.3 Å². The molecule has 4 unspecified atom stereocenters. The van der Waals surface area contributed by atoms with Crippen molar-refractivity contribution >= 4 is 17.7 Å². The first-order chi connectivity index (χ1) is 24.5. The SMILES string of the molecule is CCOc1cc(CN2CCC3(CC2)CN(c2ccc(C(=O)NCC(O)C(O)C(O)C(O)CO)cc2)C(=O)O3)cc(OCC)c1-c1ccc(F)cc1. The van der Waals surface area contributed by atoms with Crippen LogP contribution < -0.4 is 19.7 Å². The van der Waals surface area contributed by atoms with Crippen LogP contribution in [0.5, 0.6) is 11.5 Å². The van der Waals surface area contributed by atoms with Crippen molar-refractivity contribution in [1.82, 2.24) is 10.2 Å². The van der Waals surface area contributed by atoms with Crippen LogP contribution in [0.2, 0.25) is 0 Å². The van der Waals surface area contributed by atoms with E-state index in [4.69, 9.17) is 19.3 Å². The third kappa shape index (κ3) is 8.95. The van der Waals surface area contributed by atoms with Crippen molar-refractivity contribution in [3.63, 3.8) is 0 Å². The van der Waals surface area contributed by atoms with Gasteiger partial charge in [-0.25, -0.2) is 9.18 Å². The molecule has 0 aliphatic carbocycles. The molecule has 2 fully saturated rings. The normalized spacial score (nSPS) is 18.2. The molecule has 14 heteroatoms. The molecule has 4 atom stereocenters. The monoisotopic (exact) mass is 711 g/mol. The van der Waals surface area contributed by atoms with Gasteiger partial charge in [-0.05, 0) is 73.5 Å². The van der Waals surface area contributed by atoms with Gasteiger partial charge in [-0.15, -0.1) is 0 Å². The quantitative estimate of drug-likeness (QED) is 0.136. The fraction of sp³-hybridized carbons (Fsp3) is 0.459. The predicted octanol–water partition coefficient (Wildman–Crippen LogP) is 2.45. The topological polar surface area (TPSA) is 181 Å². The summed E-state index contributed by atoms with van der Waals surface area (Å²) in [5.41, 5.74) is 2.71. The Hall–Kier alpha value is -4.31. The molecule has 0 bridgehead atoms. The molecule has 2 aliphatic heterocycles. The summed E-state index contributed by atoms with van der Waals surface area (Å²) in [5.74, 6) is 0.435. The van der Waals surface area contributed by atoms with Crippen LogP contribution in [0.4, 0.5) is 14.9 Å². The molecule has 3 aromatic rings. The van der Waals surface area contributed by atoms with Crippen molar-refractivity contribution < 1.29 is 53.7 Å². The number of nitrogens with one attached hydrogen (secondary N) is 1. The van der Waals surface area contributed by atoms with Crippen LogP contribution in [-0.4, -0.2) is 118 Å². The first kappa shape index (κ1) is 37.9. The predicted molar refractivity (Wildman–Crippen MR) is 185 cm³/mol. The lowest BCUT2D eigenvalue weighted by Crippen LogP contribution is -2.49. The van der Waals surface area contributed by atoms with Gasteiger partial charge in [0.05, 0.1) is 38.0 Å². The highest BCUT2D eigenvalue weighted by atomic mass is 19.1. The Bertz CT molecular complexity index is 1610. The summed E-state index contributed by atoms with van der Waals surface area (Å²) < 4.78 is 31.7. The van der Waals surface area contributed by atoms with Crippen molar-refractivity contribution in [2.45, 2.75) is 63.3 Å². The van der Waals surface area contributed by atoms with Gasteiger partial charge in [-0.2, -0.15) is 0 Å². The maximum Gasteiger partial charge on any atom is 0.415 e. The first-order valence-electron chi connectivity index (χ1n) is 17.1. The number of anilines is 1. The Balaban J connectivity index is 1.18. The van der Waals surface area contributed by atoms with E-state index in [0.29, 0.717) is 69.4 Å². The zero-order valence-corrected chi connectivity index (χ0v) is 28.7. The van der Waals surface area contributed by atoms with Gasteiger partial charge in [0.25, 0.3) is 5.91 Å². The van der Waals surface area contributed by atoms with E-state index in [2.05, 4.69) is 10.2 Å². The molecule has 0 radical (unpaired) electrons. The van der Waals surface area contributed by atoms with E-state index in [1.165, 1.54) is 24.3 Å². The molecule has 0 aromatic heterocycles. The Morgan fingerprint density at radius 1 is 0.922 bits per heavy atom. The van der Waals surface area contributed by atoms with Crippen LogP contribution in [0.1, 0.15) is 42.6 Å². The Morgan fingerprint density at radius 2 is 1.51 bits per heavy atom. The highest BCUT2D eigenvalue weighted by Crippen LogP contribution is 2.41. The van der Waals surface area contributed by atoms with Gasteiger partial charge >= 0.3 is 6.09 Å². The molecule has 2 amide bonds. The third-order valence-electron chi connectivity index (χ3n) is 9.24. The maximum atomic E-state index is 13.7. The van der Waals surface area contributed by atoms with Gasteiger partial charge in [0.1, 0.15) is 41.2 Å². The molecule has 6 N–H and O–H groups in total. The minimum atomic E-state index is -1.80. The average Bonchev–Trinajstić information content (AvgIpc) is 3.46. The number of nitrogens with zero attached hydrogens (tertiary/aromatic N) is 2. The minimum absolute atomic E-state index is 0.234. The molecule has 3 aromatic carbocycles. The number of likely N-dealkylation sites (tertiary alicyclic amines) is 1. The zero-order valence-electron chi connectivity index (χ0n) is 28.7. The second kappa shape index (κ2) is 16.8. The summed E-state index contributed by atoms with van der Waals surface area (Å²) in [6.45, 7) is 5.85. The molecule has 5 rings (SSSR count). The number of aliphatic hydroxyl groups is 5. The number of hydrogen-bond acceptors (Lipinski definition) is 11. The van der Waals surface area contributed by atoms with Crippen LogP contribution >= 0.6 is 0 Å². The number of benzene rings is 3. The van der Waals surface area contributed by atoms with Crippen LogP contribution in [-0.2, 0) is 11.3 Å². The number of amides is 2. The van der Waals surface area contributed by atoms with Crippen LogP contribution in [0.3, 0.4) is 0 Å². The van der Waals surface area contributed by atoms with Crippen molar-refractivity contribution in [3.05, 3.63) is 77.6 Å². The lowest BCUT2D eigenvalue weighted by Gasteiger charge is -2.37. The zero-order chi connectivity index (χ0) is 36.7. The fourth-order valence-electron chi connectivity index (χ4n) is 6.41. The largest absolute Gasteiger partial charge is 0.493 e. The summed E-state index contributed by atoms with van der Waals surface area (Å²) >= 11 is 0. The molecule has 51 heavy (non-hydrogen) atoms. The van der Waals surface area contributed by atoms with Crippen molar-refractivity contribution in [2.75, 3.05) is 50.9 Å². The Labute approximate surface area is 295 Å². The van der Waals surface area contributed by atoms with E-state index < -0.39 is 55.2 Å². The maximum absolute atomic E-state index is 13.7. The molecule has 2 saturated heterocycles. The lowest BCUT2D eigenvalue weighted by atomic mass is 9.91. The van der Waals surface area contributed by atoms with Gasteiger partial charge in [-0.1, -0.05) is 12.1 Å². The molecule has 2 aliphatic rings. The fourth-order valence-corrected chi connectivity index (χ4v) is 6.41. The second-order valence-electron chi connectivity index (χ2n) is 12.8. The van der Waals surface area contributed by atoms with Crippen molar-refractivity contribution in [1.29, 1.82) is 0 Å². The number of halogens is 1. The first-order valence-corrected chi connectivity index (χ1v) is 17.1. The molecule has 2 heterocycles. The number of hydrogen-bond donors (Lipinski definition) is 6. The summed E-state index contributed by atoms with van der Waals surface area (Å²) in [4.78, 5) is 29.5. The van der Waals surface area contributed by atoms with Crippen LogP contribution in [0.15, 0.2) is 60.7 Å². The third-order valence-corrected chi connectivity index (χ3v) is 9.24. The van der Waals surface area contributed by atoms with E-state index in [1.54, 1.807) is 29.2 Å². The highest BCUT2D eigenvalue weighted by Gasteiger charge is 2.47. The average molecular weight is 712 g/mol.